The van der Waals surface area contributed by atoms with Crippen molar-refractivity contribution >= 4 is 11.9 Å². The van der Waals surface area contributed by atoms with E-state index in [0.717, 1.165) is 25.7 Å². The van der Waals surface area contributed by atoms with Crippen molar-refractivity contribution in [1.82, 2.24) is 5.32 Å². The summed E-state index contributed by atoms with van der Waals surface area (Å²) in [6.07, 6.45) is 5.18. The first-order valence-corrected chi connectivity index (χ1v) is 7.94. The van der Waals surface area contributed by atoms with Crippen molar-refractivity contribution in [1.29, 1.82) is 0 Å². The molecule has 1 atom stereocenters. The van der Waals surface area contributed by atoms with E-state index in [1.165, 1.54) is 0 Å². The number of carboxylic acids is 1. The summed E-state index contributed by atoms with van der Waals surface area (Å²) in [5.74, 6) is -0.811. The highest BCUT2D eigenvalue weighted by Crippen LogP contribution is 2.39. The minimum atomic E-state index is -0.860. The van der Waals surface area contributed by atoms with Gasteiger partial charge in [-0.15, -0.1) is 0 Å². The van der Waals surface area contributed by atoms with Crippen molar-refractivity contribution in [3.8, 4) is 0 Å². The van der Waals surface area contributed by atoms with Gasteiger partial charge in [-0.3, -0.25) is 9.59 Å². The van der Waals surface area contributed by atoms with Crippen LogP contribution in [0.3, 0.4) is 0 Å². The van der Waals surface area contributed by atoms with Crippen molar-refractivity contribution in [3.63, 3.8) is 0 Å². The maximum atomic E-state index is 12.6. The van der Waals surface area contributed by atoms with E-state index in [2.05, 4.69) is 19.2 Å². The molecular weight excluding hydrogens is 270 g/mol. The normalized spacial score (nSPS) is 27.8. The van der Waals surface area contributed by atoms with Gasteiger partial charge in [-0.1, -0.05) is 20.3 Å². The summed E-state index contributed by atoms with van der Waals surface area (Å²) in [6.45, 7) is 5.44. The number of rotatable bonds is 4. The minimum Gasteiger partial charge on any atom is -0.481 e. The van der Waals surface area contributed by atoms with E-state index in [1.807, 2.05) is 0 Å². The third-order valence-corrected chi connectivity index (χ3v) is 4.90. The van der Waals surface area contributed by atoms with Gasteiger partial charge >= 0.3 is 5.97 Å². The molecular formula is C16H27NO4. The number of aliphatic carboxylic acids is 1. The Hall–Kier alpha value is -1.10. The van der Waals surface area contributed by atoms with Crippen LogP contribution in [0.5, 0.6) is 0 Å². The standard InChI is InChI=1S/C16H27NO4/c1-15(2)5-3-4-12(10-15)14(20)17-16(11-13(18)19)6-8-21-9-7-16/h12H,3-11H2,1-2H3,(H,17,20)(H,18,19). The van der Waals surface area contributed by atoms with Crippen LogP contribution in [0.4, 0.5) is 0 Å². The van der Waals surface area contributed by atoms with Gasteiger partial charge in [-0.2, -0.15) is 0 Å². The molecule has 1 amide bonds. The molecule has 2 N–H and O–H groups in total. The molecule has 5 nitrogen and oxygen atoms in total. The lowest BCUT2D eigenvalue weighted by molar-refractivity contribution is -0.141. The highest BCUT2D eigenvalue weighted by molar-refractivity contribution is 5.80. The Labute approximate surface area is 126 Å². The van der Waals surface area contributed by atoms with E-state index in [-0.39, 0.29) is 23.7 Å². The summed E-state index contributed by atoms with van der Waals surface area (Å²) >= 11 is 0. The molecule has 2 aliphatic rings. The highest BCUT2D eigenvalue weighted by Gasteiger charge is 2.39. The van der Waals surface area contributed by atoms with Crippen LogP contribution in [0.25, 0.3) is 0 Å². The van der Waals surface area contributed by atoms with Gasteiger partial charge in [-0.05, 0) is 37.5 Å². The molecule has 1 saturated carbocycles. The molecule has 0 spiro atoms. The molecule has 1 aliphatic carbocycles. The largest absolute Gasteiger partial charge is 0.481 e. The van der Waals surface area contributed by atoms with Crippen molar-refractivity contribution in [3.05, 3.63) is 0 Å². The molecule has 120 valence electrons. The molecule has 0 radical (unpaired) electrons. The summed E-state index contributed by atoms with van der Waals surface area (Å²) < 4.78 is 5.32. The van der Waals surface area contributed by atoms with E-state index in [1.54, 1.807) is 0 Å². The molecule has 21 heavy (non-hydrogen) atoms. The molecule has 2 rings (SSSR count). The summed E-state index contributed by atoms with van der Waals surface area (Å²) in [4.78, 5) is 23.7. The second kappa shape index (κ2) is 6.34. The van der Waals surface area contributed by atoms with Gasteiger partial charge in [0.2, 0.25) is 5.91 Å². The maximum absolute atomic E-state index is 12.6. The SMILES string of the molecule is CC1(C)CCCC(C(=O)NC2(CC(=O)O)CCOCC2)C1. The number of amides is 1. The van der Waals surface area contributed by atoms with Crippen LogP contribution in [-0.2, 0) is 14.3 Å². The summed E-state index contributed by atoms with van der Waals surface area (Å²) in [5, 5.41) is 12.2. The fourth-order valence-electron chi connectivity index (χ4n) is 3.68. The average Bonchev–Trinajstić information content (AvgIpc) is 2.37. The molecule has 1 aliphatic heterocycles. The monoisotopic (exact) mass is 297 g/mol. The lowest BCUT2D eigenvalue weighted by atomic mass is 9.71. The zero-order chi connectivity index (χ0) is 15.5. The number of carbonyl (C=O) groups excluding carboxylic acids is 1. The third kappa shape index (κ3) is 4.43. The predicted octanol–water partition coefficient (Wildman–Crippen LogP) is 2.34. The zero-order valence-electron chi connectivity index (χ0n) is 13.1. The molecule has 0 aromatic rings. The topological polar surface area (TPSA) is 75.6 Å². The van der Waals surface area contributed by atoms with Crippen LogP contribution in [0.2, 0.25) is 0 Å². The Morgan fingerprint density at radius 1 is 1.24 bits per heavy atom. The van der Waals surface area contributed by atoms with Crippen LogP contribution in [-0.4, -0.2) is 35.7 Å². The summed E-state index contributed by atoms with van der Waals surface area (Å²) in [7, 11) is 0. The fraction of sp³-hybridized carbons (Fsp3) is 0.875. The molecule has 0 aromatic heterocycles. The van der Waals surface area contributed by atoms with E-state index < -0.39 is 11.5 Å². The number of hydrogen-bond donors (Lipinski definition) is 2. The second-order valence-corrected chi connectivity index (χ2v) is 7.41. The van der Waals surface area contributed by atoms with E-state index >= 15 is 0 Å². The molecule has 5 heteroatoms. The van der Waals surface area contributed by atoms with Gasteiger partial charge in [0.25, 0.3) is 0 Å². The van der Waals surface area contributed by atoms with Gasteiger partial charge < -0.3 is 15.2 Å². The number of carbonyl (C=O) groups is 2. The molecule has 0 bridgehead atoms. The van der Waals surface area contributed by atoms with Gasteiger partial charge in [0, 0.05) is 19.1 Å². The number of nitrogens with one attached hydrogen (secondary N) is 1. The van der Waals surface area contributed by atoms with E-state index in [9.17, 15) is 9.59 Å². The number of carboxylic acid groups (broad SMARTS) is 1. The average molecular weight is 297 g/mol. The van der Waals surface area contributed by atoms with Crippen LogP contribution < -0.4 is 5.32 Å². The summed E-state index contributed by atoms with van der Waals surface area (Å²) in [6, 6.07) is 0. The Bertz CT molecular complexity index is 399. The van der Waals surface area contributed by atoms with Crippen molar-refractivity contribution < 1.29 is 19.4 Å². The van der Waals surface area contributed by atoms with Crippen molar-refractivity contribution in [2.45, 2.75) is 64.3 Å². The lowest BCUT2D eigenvalue weighted by Crippen LogP contribution is -2.55. The first-order chi connectivity index (χ1) is 9.82. The van der Waals surface area contributed by atoms with Crippen LogP contribution >= 0.6 is 0 Å². The first-order valence-electron chi connectivity index (χ1n) is 7.94. The van der Waals surface area contributed by atoms with Gasteiger partial charge in [0.15, 0.2) is 0 Å². The second-order valence-electron chi connectivity index (χ2n) is 7.41. The maximum Gasteiger partial charge on any atom is 0.305 e. The number of hydrogen-bond acceptors (Lipinski definition) is 3. The van der Waals surface area contributed by atoms with Crippen molar-refractivity contribution in [2.24, 2.45) is 11.3 Å². The van der Waals surface area contributed by atoms with Crippen LogP contribution in [0, 0.1) is 11.3 Å². The molecule has 1 heterocycles. The first kappa shape index (κ1) is 16.3. The quantitative estimate of drug-likeness (QED) is 0.835. The minimum absolute atomic E-state index is 0.0157. The Kier molecular flexibility index (Phi) is 4.91. The predicted molar refractivity (Wildman–Crippen MR) is 78.9 cm³/mol. The molecule has 2 fully saturated rings. The zero-order valence-corrected chi connectivity index (χ0v) is 13.1. The van der Waals surface area contributed by atoms with E-state index in [0.29, 0.717) is 26.1 Å². The van der Waals surface area contributed by atoms with E-state index in [4.69, 9.17) is 9.84 Å². The Morgan fingerprint density at radius 3 is 2.48 bits per heavy atom. The summed E-state index contributed by atoms with van der Waals surface area (Å²) in [5.41, 5.74) is -0.418. The Morgan fingerprint density at radius 2 is 1.90 bits per heavy atom. The molecule has 1 saturated heterocycles. The third-order valence-electron chi connectivity index (χ3n) is 4.90. The lowest BCUT2D eigenvalue weighted by Gasteiger charge is -2.40. The Balaban J connectivity index is 2.02. The smallest absolute Gasteiger partial charge is 0.305 e. The molecule has 1 unspecified atom stereocenters. The van der Waals surface area contributed by atoms with Gasteiger partial charge in [0.05, 0.1) is 12.0 Å². The number of ether oxygens (including phenoxy) is 1. The highest BCUT2D eigenvalue weighted by atomic mass is 16.5. The fourth-order valence-corrected chi connectivity index (χ4v) is 3.68. The van der Waals surface area contributed by atoms with Crippen LogP contribution in [0.1, 0.15) is 58.8 Å². The van der Waals surface area contributed by atoms with Gasteiger partial charge in [-0.25, -0.2) is 0 Å². The van der Waals surface area contributed by atoms with Crippen LogP contribution in [0.15, 0.2) is 0 Å². The van der Waals surface area contributed by atoms with Gasteiger partial charge in [0.1, 0.15) is 0 Å². The molecule has 0 aromatic carbocycles. The van der Waals surface area contributed by atoms with Crippen molar-refractivity contribution in [2.75, 3.05) is 13.2 Å².